The van der Waals surface area contributed by atoms with Gasteiger partial charge in [0.05, 0.1) is 24.8 Å². The summed E-state index contributed by atoms with van der Waals surface area (Å²) in [7, 11) is 1.62. The first-order chi connectivity index (χ1) is 18.5. The number of aliphatic imine (C=N–C) groups is 1. The number of para-hydroxylation sites is 1. The molecule has 1 aliphatic rings. The summed E-state index contributed by atoms with van der Waals surface area (Å²) in [5.41, 5.74) is 9.81. The summed E-state index contributed by atoms with van der Waals surface area (Å²) in [4.78, 5) is 31.1. The number of methoxy groups -OCH3 is 1. The summed E-state index contributed by atoms with van der Waals surface area (Å²) < 4.78 is 11.3. The monoisotopic (exact) mass is 509 g/mol. The van der Waals surface area contributed by atoms with Gasteiger partial charge in [-0.1, -0.05) is 61.9 Å². The van der Waals surface area contributed by atoms with Crippen LogP contribution in [0.3, 0.4) is 0 Å². The van der Waals surface area contributed by atoms with Gasteiger partial charge in [0.25, 0.3) is 5.91 Å². The summed E-state index contributed by atoms with van der Waals surface area (Å²) in [6, 6.07) is 25.0. The smallest absolute Gasteiger partial charge is 0.277 e. The van der Waals surface area contributed by atoms with Crippen molar-refractivity contribution >= 4 is 28.9 Å². The zero-order chi connectivity index (χ0) is 26.9. The third-order valence-electron chi connectivity index (χ3n) is 6.24. The van der Waals surface area contributed by atoms with E-state index in [1.54, 1.807) is 19.4 Å². The van der Waals surface area contributed by atoms with Crippen molar-refractivity contribution in [3.8, 4) is 11.5 Å². The Hall–Kier alpha value is -4.52. The Kier molecular flexibility index (Phi) is 8.82. The highest BCUT2D eigenvalue weighted by Gasteiger charge is 2.21. The van der Waals surface area contributed by atoms with Crippen LogP contribution in [0.25, 0.3) is 10.9 Å². The highest BCUT2D eigenvalue weighted by atomic mass is 16.5. The molecule has 7 heteroatoms. The van der Waals surface area contributed by atoms with E-state index >= 15 is 0 Å². The van der Waals surface area contributed by atoms with Crippen LogP contribution in [0, 0.1) is 0 Å². The van der Waals surface area contributed by atoms with E-state index in [2.05, 4.69) is 11.9 Å². The standard InChI is InChI=1S/C23H26N2O3.C8H5NO/c1-3-4-13-28-22-14-17(10-12-21(22)27-2)18(15-23(24)26)20-11-9-16-7-5-6-8-19(16)25-20;10-8-7-4-2-1-3-6(7)5-9-8/h5-12,14,18H,3-4,13,15H2,1-2H3,(H2,24,26);1-5H. The molecular weight excluding hydrogens is 478 g/mol. The molecule has 0 spiro atoms. The van der Waals surface area contributed by atoms with Gasteiger partial charge in [-0.2, -0.15) is 0 Å². The maximum absolute atomic E-state index is 11.8. The van der Waals surface area contributed by atoms with Crippen LogP contribution in [-0.4, -0.2) is 36.7 Å². The zero-order valence-electron chi connectivity index (χ0n) is 21.6. The molecule has 194 valence electrons. The first kappa shape index (κ1) is 26.5. The van der Waals surface area contributed by atoms with Gasteiger partial charge in [0.2, 0.25) is 5.91 Å². The molecular formula is C31H31N3O4. The minimum atomic E-state index is -0.371. The molecule has 0 aliphatic carbocycles. The second kappa shape index (κ2) is 12.6. The van der Waals surface area contributed by atoms with E-state index in [0.29, 0.717) is 23.7 Å². The molecule has 3 aromatic carbocycles. The summed E-state index contributed by atoms with van der Waals surface area (Å²) in [6.45, 7) is 2.73. The van der Waals surface area contributed by atoms with Crippen molar-refractivity contribution in [2.75, 3.05) is 13.7 Å². The van der Waals surface area contributed by atoms with Crippen LogP contribution in [0.1, 0.15) is 59.3 Å². The lowest BCUT2D eigenvalue weighted by molar-refractivity contribution is -0.118. The number of pyridine rings is 1. The number of rotatable bonds is 9. The quantitative estimate of drug-likeness (QED) is 0.292. The number of primary amides is 1. The van der Waals surface area contributed by atoms with Crippen molar-refractivity contribution in [2.24, 2.45) is 10.7 Å². The molecule has 0 saturated heterocycles. The highest BCUT2D eigenvalue weighted by molar-refractivity contribution is 6.12. The van der Waals surface area contributed by atoms with Crippen molar-refractivity contribution in [2.45, 2.75) is 32.1 Å². The molecule has 2 amide bonds. The Balaban J connectivity index is 0.000000278. The lowest BCUT2D eigenvalue weighted by Crippen LogP contribution is -2.17. The van der Waals surface area contributed by atoms with Crippen LogP contribution < -0.4 is 15.2 Å². The van der Waals surface area contributed by atoms with E-state index in [-0.39, 0.29) is 24.2 Å². The molecule has 0 saturated carbocycles. The zero-order valence-corrected chi connectivity index (χ0v) is 21.6. The molecule has 5 rings (SSSR count). The van der Waals surface area contributed by atoms with E-state index in [4.69, 9.17) is 20.2 Å². The lowest BCUT2D eigenvalue weighted by atomic mass is 9.91. The van der Waals surface area contributed by atoms with Gasteiger partial charge in [0.15, 0.2) is 11.5 Å². The third kappa shape index (κ3) is 6.42. The molecule has 2 N–H and O–H groups in total. The summed E-state index contributed by atoms with van der Waals surface area (Å²) in [6.07, 6.45) is 3.78. The van der Waals surface area contributed by atoms with Crippen LogP contribution in [-0.2, 0) is 4.79 Å². The summed E-state index contributed by atoms with van der Waals surface area (Å²) in [5, 5.41) is 1.06. The highest BCUT2D eigenvalue weighted by Crippen LogP contribution is 2.35. The van der Waals surface area contributed by atoms with Gasteiger partial charge in [-0.15, -0.1) is 0 Å². The Morgan fingerprint density at radius 3 is 2.53 bits per heavy atom. The van der Waals surface area contributed by atoms with Gasteiger partial charge in [-0.3, -0.25) is 14.6 Å². The predicted octanol–water partition coefficient (Wildman–Crippen LogP) is 5.69. The van der Waals surface area contributed by atoms with Gasteiger partial charge in [-0.25, -0.2) is 4.99 Å². The van der Waals surface area contributed by atoms with Crippen molar-refractivity contribution < 1.29 is 19.1 Å². The van der Waals surface area contributed by atoms with Gasteiger partial charge in [-0.05, 0) is 42.3 Å². The molecule has 38 heavy (non-hydrogen) atoms. The van der Waals surface area contributed by atoms with E-state index < -0.39 is 0 Å². The van der Waals surface area contributed by atoms with E-state index in [1.165, 1.54) is 0 Å². The maximum Gasteiger partial charge on any atom is 0.277 e. The average Bonchev–Trinajstić information content (AvgIpc) is 3.32. The lowest BCUT2D eigenvalue weighted by Gasteiger charge is -2.19. The number of aromatic nitrogens is 1. The second-order valence-electron chi connectivity index (χ2n) is 8.91. The average molecular weight is 510 g/mol. The van der Waals surface area contributed by atoms with E-state index in [0.717, 1.165) is 40.6 Å². The van der Waals surface area contributed by atoms with Crippen molar-refractivity contribution in [3.63, 3.8) is 0 Å². The molecule has 1 aliphatic heterocycles. The first-order valence-electron chi connectivity index (χ1n) is 12.6. The second-order valence-corrected chi connectivity index (χ2v) is 8.91. The first-order valence-corrected chi connectivity index (χ1v) is 12.6. The van der Waals surface area contributed by atoms with Crippen LogP contribution in [0.2, 0.25) is 0 Å². The number of hydrogen-bond donors (Lipinski definition) is 1. The molecule has 0 bridgehead atoms. The molecule has 1 unspecified atom stereocenters. The van der Waals surface area contributed by atoms with Crippen LogP contribution in [0.15, 0.2) is 83.9 Å². The maximum atomic E-state index is 11.8. The van der Waals surface area contributed by atoms with Gasteiger partial charge >= 0.3 is 0 Å². The number of unbranched alkanes of at least 4 members (excludes halogenated alkanes) is 1. The Morgan fingerprint density at radius 2 is 1.76 bits per heavy atom. The van der Waals surface area contributed by atoms with Gasteiger partial charge < -0.3 is 15.2 Å². The fraction of sp³-hybridized carbons (Fsp3) is 0.226. The number of hydrogen-bond acceptors (Lipinski definition) is 5. The third-order valence-corrected chi connectivity index (χ3v) is 6.24. The van der Waals surface area contributed by atoms with Gasteiger partial charge in [0.1, 0.15) is 0 Å². The normalized spacial score (nSPS) is 12.4. The minimum absolute atomic E-state index is 0.129. The largest absolute Gasteiger partial charge is 0.493 e. The number of fused-ring (bicyclic) bond motifs is 2. The molecule has 2 heterocycles. The number of nitrogens with two attached hydrogens (primary N) is 1. The minimum Gasteiger partial charge on any atom is -0.493 e. The molecule has 7 nitrogen and oxygen atoms in total. The Labute approximate surface area is 222 Å². The molecule has 1 aromatic heterocycles. The topological polar surface area (TPSA) is 104 Å². The number of carbonyl (C=O) groups is 2. The Bertz CT molecular complexity index is 1460. The van der Waals surface area contributed by atoms with Crippen molar-refractivity contribution in [1.29, 1.82) is 0 Å². The van der Waals surface area contributed by atoms with E-state index in [9.17, 15) is 9.59 Å². The van der Waals surface area contributed by atoms with E-state index in [1.807, 2.05) is 72.8 Å². The molecule has 0 radical (unpaired) electrons. The van der Waals surface area contributed by atoms with Crippen molar-refractivity contribution in [3.05, 3.63) is 101 Å². The van der Waals surface area contributed by atoms with Crippen molar-refractivity contribution in [1.82, 2.24) is 4.98 Å². The fourth-order valence-electron chi connectivity index (χ4n) is 4.22. The molecule has 4 aromatic rings. The fourth-order valence-corrected chi connectivity index (χ4v) is 4.22. The van der Waals surface area contributed by atoms with Gasteiger partial charge in [0, 0.05) is 35.2 Å². The summed E-state index contributed by atoms with van der Waals surface area (Å²) in [5.74, 6) is 0.592. The summed E-state index contributed by atoms with van der Waals surface area (Å²) >= 11 is 0. The van der Waals surface area contributed by atoms with Crippen LogP contribution in [0.5, 0.6) is 11.5 Å². The predicted molar refractivity (Wildman–Crippen MR) is 149 cm³/mol. The van der Waals surface area contributed by atoms with Crippen LogP contribution >= 0.6 is 0 Å². The number of carbonyl (C=O) groups excluding carboxylic acids is 2. The number of ether oxygens (including phenoxy) is 2. The SMILES string of the molecule is CCCCOc1cc(C(CC(N)=O)c2ccc3ccccc3n2)ccc1OC.O=C1N=Cc2ccccc21. The molecule has 0 fully saturated rings. The molecule has 1 atom stereocenters. The number of benzene rings is 3. The number of amides is 2. The Morgan fingerprint density at radius 1 is 0.974 bits per heavy atom. The van der Waals surface area contributed by atoms with Crippen LogP contribution in [0.4, 0.5) is 0 Å². The number of nitrogens with zero attached hydrogens (tertiary/aromatic N) is 2.